The first kappa shape index (κ1) is 4.59. The highest BCUT2D eigenvalue weighted by atomic mass is 16.2. The smallest absolute Gasteiger partial charge is 0.300 e. The number of urea groups is 1. The number of nitrogens with one attached hydrogen (secondary N) is 2. The van der Waals surface area contributed by atoms with Gasteiger partial charge in [0, 0.05) is 0 Å². The molecule has 0 aromatic heterocycles. The Kier molecular flexibility index (Phi) is 0.982. The van der Waals surface area contributed by atoms with Crippen molar-refractivity contribution >= 4 is 6.03 Å². The Balaban J connectivity index is 2.48. The van der Waals surface area contributed by atoms with E-state index in [0.29, 0.717) is 0 Å². The zero-order chi connectivity index (χ0) is 5.28. The second-order valence-electron chi connectivity index (χ2n) is 1.79. The Morgan fingerprint density at radius 1 is 1.86 bits per heavy atom. The molecule has 1 saturated heterocycles. The fraction of sp³-hybridized carbons (Fsp3) is 0.750. The van der Waals surface area contributed by atoms with Gasteiger partial charge in [-0.3, -0.25) is 10.2 Å². The van der Waals surface area contributed by atoms with Crippen molar-refractivity contribution in [1.82, 2.24) is 5.32 Å². The van der Waals surface area contributed by atoms with Crippen molar-refractivity contribution in [2.45, 2.75) is 0 Å². The van der Waals surface area contributed by atoms with Crippen LogP contribution in [0, 0.1) is 0 Å². The van der Waals surface area contributed by atoms with E-state index in [-0.39, 0.29) is 6.03 Å². The topological polar surface area (TPSA) is 33.5 Å². The molecule has 2 N–H and O–H groups in total. The zero-order valence-corrected chi connectivity index (χ0v) is 4.32. The van der Waals surface area contributed by atoms with Gasteiger partial charge >= 0.3 is 6.03 Å². The van der Waals surface area contributed by atoms with E-state index in [0.717, 1.165) is 18.0 Å². The summed E-state index contributed by atoms with van der Waals surface area (Å²) in [4.78, 5) is 11.4. The second-order valence-corrected chi connectivity index (χ2v) is 1.79. The molecule has 2 amide bonds. The highest BCUT2D eigenvalue weighted by Gasteiger charge is 2.19. The predicted octanol–water partition coefficient (Wildman–Crippen LogP) is -1.78. The molecule has 0 aromatic carbocycles. The third kappa shape index (κ3) is 0.718. The van der Waals surface area contributed by atoms with E-state index in [2.05, 4.69) is 5.32 Å². The van der Waals surface area contributed by atoms with Crippen LogP contribution in [-0.2, 0) is 0 Å². The van der Waals surface area contributed by atoms with Crippen LogP contribution in [0.3, 0.4) is 0 Å². The number of hydrogen-bond donors (Lipinski definition) is 2. The molecule has 40 valence electrons. The third-order valence-corrected chi connectivity index (χ3v) is 1.17. The average molecular weight is 101 g/mol. The van der Waals surface area contributed by atoms with Crippen molar-refractivity contribution in [2.24, 2.45) is 0 Å². The number of amides is 2. The van der Waals surface area contributed by atoms with Crippen LogP contribution in [0.15, 0.2) is 0 Å². The largest absolute Gasteiger partial charge is 0.414 e. The number of rotatable bonds is 0. The summed E-state index contributed by atoms with van der Waals surface area (Å²) in [6.45, 7) is 1.77. The van der Waals surface area contributed by atoms with Gasteiger partial charge in [0.05, 0.1) is 13.6 Å². The fourth-order valence-electron chi connectivity index (χ4n) is 0.628. The van der Waals surface area contributed by atoms with Crippen LogP contribution in [0.5, 0.6) is 0 Å². The van der Waals surface area contributed by atoms with Gasteiger partial charge < -0.3 is 0 Å². The normalized spacial score (nSPS) is 30.4. The van der Waals surface area contributed by atoms with Crippen molar-refractivity contribution < 1.29 is 9.69 Å². The summed E-state index contributed by atoms with van der Waals surface area (Å²) in [6, 6.07) is 0.125. The second kappa shape index (κ2) is 1.50. The number of carbonyl (C=O) groups excluding carboxylic acids is 1. The lowest BCUT2D eigenvalue weighted by molar-refractivity contribution is -0.781. The van der Waals surface area contributed by atoms with Gasteiger partial charge in [-0.15, -0.1) is 0 Å². The van der Waals surface area contributed by atoms with Crippen molar-refractivity contribution in [2.75, 3.05) is 20.1 Å². The molecule has 0 saturated carbocycles. The molecule has 1 heterocycles. The SMILES string of the molecule is C[NH+]1CCNC1=O. The molecular weight excluding hydrogens is 92.1 g/mol. The molecule has 1 fully saturated rings. The minimum Gasteiger partial charge on any atom is -0.300 e. The van der Waals surface area contributed by atoms with E-state index >= 15 is 0 Å². The Morgan fingerprint density at radius 3 is 2.71 bits per heavy atom. The Hall–Kier alpha value is -0.570. The summed E-state index contributed by atoms with van der Waals surface area (Å²) < 4.78 is 0. The lowest BCUT2D eigenvalue weighted by Crippen LogP contribution is -3.10. The maximum absolute atomic E-state index is 10.4. The summed E-state index contributed by atoms with van der Waals surface area (Å²) in [5.74, 6) is 0. The van der Waals surface area contributed by atoms with Crippen LogP contribution < -0.4 is 10.2 Å². The van der Waals surface area contributed by atoms with E-state index < -0.39 is 0 Å². The molecule has 3 heteroatoms. The first-order chi connectivity index (χ1) is 3.30. The molecule has 1 aliphatic rings. The summed E-state index contributed by atoms with van der Waals surface area (Å²) in [5, 5.41) is 2.69. The molecule has 1 atom stereocenters. The van der Waals surface area contributed by atoms with Crippen LogP contribution in [0.1, 0.15) is 0 Å². The van der Waals surface area contributed by atoms with Gasteiger partial charge in [0.25, 0.3) is 0 Å². The van der Waals surface area contributed by atoms with Crippen molar-refractivity contribution in [1.29, 1.82) is 0 Å². The van der Waals surface area contributed by atoms with E-state index in [1.165, 1.54) is 0 Å². The number of carbonyl (C=O) groups is 1. The van der Waals surface area contributed by atoms with Crippen LogP contribution in [-0.4, -0.2) is 26.2 Å². The minimum absolute atomic E-state index is 0.125. The summed E-state index contributed by atoms with van der Waals surface area (Å²) in [7, 11) is 1.86. The zero-order valence-electron chi connectivity index (χ0n) is 4.32. The Bertz CT molecular complexity index is 91.7. The molecule has 1 unspecified atom stereocenters. The van der Waals surface area contributed by atoms with Crippen LogP contribution >= 0.6 is 0 Å². The molecule has 1 rings (SSSR count). The molecule has 0 aromatic rings. The maximum Gasteiger partial charge on any atom is 0.414 e. The van der Waals surface area contributed by atoms with Gasteiger partial charge in [-0.2, -0.15) is 0 Å². The summed E-state index contributed by atoms with van der Waals surface area (Å²) in [6.07, 6.45) is 0. The average Bonchev–Trinajstić information content (AvgIpc) is 1.91. The highest BCUT2D eigenvalue weighted by molar-refractivity contribution is 5.65. The quantitative estimate of drug-likeness (QED) is 0.372. The van der Waals surface area contributed by atoms with E-state index in [9.17, 15) is 4.79 Å². The number of quaternary nitrogens is 1. The molecular formula is C4H9N2O+. The molecule has 7 heavy (non-hydrogen) atoms. The van der Waals surface area contributed by atoms with Gasteiger partial charge in [-0.05, 0) is 0 Å². The summed E-state index contributed by atoms with van der Waals surface area (Å²) >= 11 is 0. The monoisotopic (exact) mass is 101 g/mol. The van der Waals surface area contributed by atoms with Crippen molar-refractivity contribution in [3.63, 3.8) is 0 Å². The van der Waals surface area contributed by atoms with Crippen LogP contribution in [0.4, 0.5) is 4.79 Å². The fourth-order valence-corrected chi connectivity index (χ4v) is 0.628. The van der Waals surface area contributed by atoms with Gasteiger partial charge in [0.2, 0.25) is 0 Å². The molecule has 0 bridgehead atoms. The van der Waals surface area contributed by atoms with E-state index in [4.69, 9.17) is 0 Å². The lowest BCUT2D eigenvalue weighted by Gasteiger charge is -1.94. The highest BCUT2D eigenvalue weighted by Crippen LogP contribution is 1.61. The summed E-state index contributed by atoms with van der Waals surface area (Å²) in [5.41, 5.74) is 0. The third-order valence-electron chi connectivity index (χ3n) is 1.17. The van der Waals surface area contributed by atoms with Crippen LogP contribution in [0.2, 0.25) is 0 Å². The first-order valence-corrected chi connectivity index (χ1v) is 2.41. The van der Waals surface area contributed by atoms with Gasteiger partial charge in [-0.25, -0.2) is 4.79 Å². The van der Waals surface area contributed by atoms with Gasteiger partial charge in [0.15, 0.2) is 0 Å². The number of likely N-dealkylation sites (N-methyl/N-ethyl adjacent to an activating group) is 1. The predicted molar refractivity (Wildman–Crippen MR) is 25.2 cm³/mol. The van der Waals surface area contributed by atoms with Gasteiger partial charge in [0.1, 0.15) is 6.54 Å². The molecule has 0 radical (unpaired) electrons. The molecule has 3 nitrogen and oxygen atoms in total. The molecule has 0 aliphatic carbocycles. The molecule has 0 spiro atoms. The van der Waals surface area contributed by atoms with Crippen molar-refractivity contribution in [3.05, 3.63) is 0 Å². The lowest BCUT2D eigenvalue weighted by atomic mass is 10.7. The van der Waals surface area contributed by atoms with Gasteiger partial charge in [-0.1, -0.05) is 0 Å². The van der Waals surface area contributed by atoms with Crippen LogP contribution in [0.25, 0.3) is 0 Å². The minimum atomic E-state index is 0.125. The van der Waals surface area contributed by atoms with E-state index in [1.807, 2.05) is 7.05 Å². The van der Waals surface area contributed by atoms with Crippen molar-refractivity contribution in [3.8, 4) is 0 Å². The Morgan fingerprint density at radius 2 is 2.57 bits per heavy atom. The Labute approximate surface area is 42.3 Å². The standard InChI is InChI=1S/C4H8N2O/c1-6-3-2-5-4(6)7/h2-3H2,1H3,(H,5,7)/p+1. The maximum atomic E-state index is 10.4. The first-order valence-electron chi connectivity index (χ1n) is 2.41. The number of hydrogen-bond acceptors (Lipinski definition) is 1. The molecule has 1 aliphatic heterocycles. The van der Waals surface area contributed by atoms with E-state index in [1.54, 1.807) is 0 Å².